The first-order valence-electron chi connectivity index (χ1n) is 8.51. The molecule has 1 fully saturated rings. The Hall–Kier alpha value is -2.84. The van der Waals surface area contributed by atoms with Crippen LogP contribution >= 0.6 is 0 Å². The van der Waals surface area contributed by atoms with Gasteiger partial charge in [-0.2, -0.15) is 4.52 Å². The molecule has 0 unspecified atom stereocenters. The minimum absolute atomic E-state index is 0.0929. The molecule has 1 N–H and O–H groups in total. The topological polar surface area (TPSA) is 90.6 Å². The molecule has 0 aliphatic carbocycles. The Morgan fingerprint density at radius 3 is 3.04 bits per heavy atom. The molecule has 1 aliphatic rings. The van der Waals surface area contributed by atoms with E-state index < -0.39 is 0 Å². The molecule has 134 valence electrons. The van der Waals surface area contributed by atoms with Crippen LogP contribution in [0.2, 0.25) is 0 Å². The number of amides is 1. The molecule has 1 aromatic carbocycles. The first-order chi connectivity index (χ1) is 12.8. The van der Waals surface area contributed by atoms with Gasteiger partial charge in [-0.05, 0) is 34.5 Å². The van der Waals surface area contributed by atoms with Crippen molar-refractivity contribution in [3.8, 4) is 0 Å². The number of hydrogen-bond donors (Lipinski definition) is 1. The van der Waals surface area contributed by atoms with Crippen LogP contribution in [0, 0.1) is 0 Å². The number of nitrogens with one attached hydrogen (secondary N) is 1. The minimum atomic E-state index is -0.204. The standard InChI is InChI=1S/C18H19N5O3/c24-18(14-6-7-17-20-21-22-23(17)10-14)19-15-12-25-9-8-16(15)26-11-13-4-2-1-3-5-13/h1-7,10,15-16H,8-9,11-12H2,(H,19,24)/t15-,16+/m1/s1. The van der Waals surface area contributed by atoms with Crippen LogP contribution in [0.15, 0.2) is 48.7 Å². The number of benzene rings is 1. The van der Waals surface area contributed by atoms with Crippen LogP contribution in [0.25, 0.3) is 5.65 Å². The Morgan fingerprint density at radius 1 is 1.27 bits per heavy atom. The van der Waals surface area contributed by atoms with E-state index in [9.17, 15) is 4.79 Å². The highest BCUT2D eigenvalue weighted by Crippen LogP contribution is 2.15. The molecular formula is C18H19N5O3. The number of nitrogens with zero attached hydrogens (tertiary/aromatic N) is 4. The van der Waals surface area contributed by atoms with Gasteiger partial charge in [-0.15, -0.1) is 5.10 Å². The second kappa shape index (κ2) is 7.59. The largest absolute Gasteiger partial charge is 0.379 e. The summed E-state index contributed by atoms with van der Waals surface area (Å²) >= 11 is 0. The van der Waals surface area contributed by atoms with Gasteiger partial charge in [0.05, 0.1) is 30.9 Å². The van der Waals surface area contributed by atoms with E-state index in [1.54, 1.807) is 18.3 Å². The number of carbonyl (C=O) groups excluding carboxylic acids is 1. The van der Waals surface area contributed by atoms with Crippen LogP contribution in [-0.4, -0.2) is 51.3 Å². The van der Waals surface area contributed by atoms with Gasteiger partial charge in [0.25, 0.3) is 5.91 Å². The molecule has 0 saturated carbocycles. The Morgan fingerprint density at radius 2 is 2.15 bits per heavy atom. The van der Waals surface area contributed by atoms with Gasteiger partial charge in [0, 0.05) is 12.8 Å². The van der Waals surface area contributed by atoms with Gasteiger partial charge in [-0.25, -0.2) is 0 Å². The van der Waals surface area contributed by atoms with E-state index in [0.29, 0.717) is 31.0 Å². The van der Waals surface area contributed by atoms with E-state index in [1.165, 1.54) is 4.52 Å². The average Bonchev–Trinajstić information content (AvgIpc) is 3.16. The molecular weight excluding hydrogens is 334 g/mol. The predicted molar refractivity (Wildman–Crippen MR) is 92.5 cm³/mol. The number of pyridine rings is 1. The second-order valence-electron chi connectivity index (χ2n) is 6.18. The molecule has 0 bridgehead atoms. The van der Waals surface area contributed by atoms with Gasteiger partial charge in [0.1, 0.15) is 0 Å². The molecule has 0 spiro atoms. The van der Waals surface area contributed by atoms with Crippen LogP contribution in [0.3, 0.4) is 0 Å². The average molecular weight is 353 g/mol. The van der Waals surface area contributed by atoms with E-state index in [0.717, 1.165) is 12.0 Å². The van der Waals surface area contributed by atoms with E-state index in [1.807, 2.05) is 30.3 Å². The number of hydrogen-bond acceptors (Lipinski definition) is 6. The van der Waals surface area contributed by atoms with Crippen molar-refractivity contribution in [2.24, 2.45) is 0 Å². The maximum absolute atomic E-state index is 12.6. The van der Waals surface area contributed by atoms with E-state index >= 15 is 0 Å². The van der Waals surface area contributed by atoms with Crippen LogP contribution in [-0.2, 0) is 16.1 Å². The van der Waals surface area contributed by atoms with E-state index in [4.69, 9.17) is 9.47 Å². The zero-order chi connectivity index (χ0) is 17.8. The third-order valence-electron chi connectivity index (χ3n) is 4.37. The molecule has 26 heavy (non-hydrogen) atoms. The van der Waals surface area contributed by atoms with Gasteiger partial charge in [-0.1, -0.05) is 30.3 Å². The lowest BCUT2D eigenvalue weighted by Gasteiger charge is -2.32. The zero-order valence-corrected chi connectivity index (χ0v) is 14.1. The number of tetrazole rings is 1. The summed E-state index contributed by atoms with van der Waals surface area (Å²) in [5.41, 5.74) is 2.18. The van der Waals surface area contributed by atoms with Gasteiger partial charge in [-0.3, -0.25) is 4.79 Å². The van der Waals surface area contributed by atoms with Crippen molar-refractivity contribution in [1.29, 1.82) is 0 Å². The molecule has 8 heteroatoms. The van der Waals surface area contributed by atoms with Crippen molar-refractivity contribution in [2.45, 2.75) is 25.2 Å². The summed E-state index contributed by atoms with van der Waals surface area (Å²) in [5, 5.41) is 14.2. The minimum Gasteiger partial charge on any atom is -0.379 e. The summed E-state index contributed by atoms with van der Waals surface area (Å²) in [6.07, 6.45) is 2.25. The number of aromatic nitrogens is 4. The SMILES string of the molecule is O=C(N[C@@H]1COCC[C@@H]1OCc1ccccc1)c1ccc2nnnn2c1. The summed E-state index contributed by atoms with van der Waals surface area (Å²) in [6.45, 7) is 1.56. The molecule has 3 heterocycles. The quantitative estimate of drug-likeness (QED) is 0.742. The lowest BCUT2D eigenvalue weighted by molar-refractivity contribution is -0.0605. The molecule has 8 nitrogen and oxygen atoms in total. The molecule has 1 amide bonds. The first kappa shape index (κ1) is 16.6. The van der Waals surface area contributed by atoms with Crippen LogP contribution < -0.4 is 5.32 Å². The second-order valence-corrected chi connectivity index (χ2v) is 6.18. The van der Waals surface area contributed by atoms with E-state index in [2.05, 4.69) is 20.8 Å². The maximum atomic E-state index is 12.6. The molecule has 2 aromatic heterocycles. The normalized spacial score (nSPS) is 20.2. The summed E-state index contributed by atoms with van der Waals surface area (Å²) in [4.78, 5) is 12.6. The molecule has 2 atom stereocenters. The third kappa shape index (κ3) is 3.71. The fourth-order valence-electron chi connectivity index (χ4n) is 2.96. The Kier molecular flexibility index (Phi) is 4.85. The zero-order valence-electron chi connectivity index (χ0n) is 14.1. The highest BCUT2D eigenvalue weighted by atomic mass is 16.5. The third-order valence-corrected chi connectivity index (χ3v) is 4.37. The predicted octanol–water partition coefficient (Wildman–Crippen LogP) is 1.23. The van der Waals surface area contributed by atoms with Crippen molar-refractivity contribution >= 4 is 11.6 Å². The molecule has 4 rings (SSSR count). The number of ether oxygens (including phenoxy) is 2. The summed E-state index contributed by atoms with van der Waals surface area (Å²) in [7, 11) is 0. The van der Waals surface area contributed by atoms with Crippen LogP contribution in [0.4, 0.5) is 0 Å². The summed E-state index contributed by atoms with van der Waals surface area (Å²) in [6, 6.07) is 13.2. The van der Waals surface area contributed by atoms with Gasteiger partial charge >= 0.3 is 0 Å². The first-order valence-corrected chi connectivity index (χ1v) is 8.51. The lowest BCUT2D eigenvalue weighted by Crippen LogP contribution is -2.50. The smallest absolute Gasteiger partial charge is 0.253 e. The Balaban J connectivity index is 1.41. The fourth-order valence-corrected chi connectivity index (χ4v) is 2.96. The van der Waals surface area contributed by atoms with Crippen LogP contribution in [0.5, 0.6) is 0 Å². The highest BCUT2D eigenvalue weighted by molar-refractivity contribution is 5.94. The monoisotopic (exact) mass is 353 g/mol. The molecule has 0 radical (unpaired) electrons. The van der Waals surface area contributed by atoms with Crippen LogP contribution in [0.1, 0.15) is 22.3 Å². The van der Waals surface area contributed by atoms with Gasteiger partial charge < -0.3 is 14.8 Å². The number of carbonyl (C=O) groups is 1. The van der Waals surface area contributed by atoms with Gasteiger partial charge in [0.2, 0.25) is 0 Å². The number of fused-ring (bicyclic) bond motifs is 1. The van der Waals surface area contributed by atoms with Crippen molar-refractivity contribution in [2.75, 3.05) is 13.2 Å². The molecule has 1 aliphatic heterocycles. The van der Waals surface area contributed by atoms with Crippen molar-refractivity contribution in [3.05, 3.63) is 59.8 Å². The lowest BCUT2D eigenvalue weighted by atomic mass is 10.1. The molecule has 3 aromatic rings. The number of rotatable bonds is 5. The Labute approximate surface area is 150 Å². The van der Waals surface area contributed by atoms with Crippen molar-refractivity contribution < 1.29 is 14.3 Å². The van der Waals surface area contributed by atoms with Crippen molar-refractivity contribution in [1.82, 2.24) is 25.4 Å². The van der Waals surface area contributed by atoms with Gasteiger partial charge in [0.15, 0.2) is 5.65 Å². The van der Waals surface area contributed by atoms with E-state index in [-0.39, 0.29) is 18.1 Å². The molecule has 1 saturated heterocycles. The maximum Gasteiger partial charge on any atom is 0.253 e. The summed E-state index contributed by atoms with van der Waals surface area (Å²) in [5.74, 6) is -0.203. The highest BCUT2D eigenvalue weighted by Gasteiger charge is 2.28. The fraction of sp³-hybridized carbons (Fsp3) is 0.333. The Bertz CT molecular complexity index is 883. The van der Waals surface area contributed by atoms with Crippen molar-refractivity contribution in [3.63, 3.8) is 0 Å². The summed E-state index contributed by atoms with van der Waals surface area (Å²) < 4.78 is 13.0.